The molecule has 0 heterocycles. The number of carbonyl (C=O) groups is 1. The lowest BCUT2D eigenvalue weighted by atomic mass is 9.76. The normalized spacial score (nSPS) is 22.9. The van der Waals surface area contributed by atoms with Gasteiger partial charge in [-0.2, -0.15) is 0 Å². The predicted octanol–water partition coefficient (Wildman–Crippen LogP) is 3.45. The first-order chi connectivity index (χ1) is 7.76. The van der Waals surface area contributed by atoms with Crippen molar-refractivity contribution in [2.24, 2.45) is 10.4 Å². The number of Topliss-reactive ketones (excluding diaryl/α,β-unsaturated/α-hetero) is 1. The first kappa shape index (κ1) is 13.9. The van der Waals surface area contributed by atoms with Crippen molar-refractivity contribution in [2.45, 2.75) is 59.9 Å². The van der Waals surface area contributed by atoms with Gasteiger partial charge in [0.15, 0.2) is 5.78 Å². The van der Waals surface area contributed by atoms with E-state index in [4.69, 9.17) is 0 Å². The molecule has 96 valence electrons. The highest BCUT2D eigenvalue weighted by atomic mass is 16.3. The molecular formula is C14H23NO2. The third-order valence-electron chi connectivity index (χ3n) is 3.22. The molecule has 0 bridgehead atoms. The first-order valence-corrected chi connectivity index (χ1v) is 6.27. The number of allylic oxidation sites excluding steroid dienone is 2. The molecule has 0 saturated heterocycles. The van der Waals surface area contributed by atoms with E-state index in [0.29, 0.717) is 24.1 Å². The molecule has 1 aliphatic carbocycles. The molecule has 1 rings (SSSR count). The third-order valence-corrected chi connectivity index (χ3v) is 3.22. The van der Waals surface area contributed by atoms with Gasteiger partial charge in [0.1, 0.15) is 5.76 Å². The highest BCUT2D eigenvalue weighted by Crippen LogP contribution is 2.36. The summed E-state index contributed by atoms with van der Waals surface area (Å²) in [4.78, 5) is 16.5. The molecule has 0 aliphatic heterocycles. The fourth-order valence-electron chi connectivity index (χ4n) is 2.19. The summed E-state index contributed by atoms with van der Waals surface area (Å²) in [6.45, 7) is 9.88. The van der Waals surface area contributed by atoms with Gasteiger partial charge in [-0.15, -0.1) is 0 Å². The first-order valence-electron chi connectivity index (χ1n) is 6.27. The molecule has 3 heteroatoms. The van der Waals surface area contributed by atoms with Crippen molar-refractivity contribution in [1.29, 1.82) is 0 Å². The number of nitrogens with zero attached hydrogens (tertiary/aromatic N) is 1. The Bertz CT molecular complexity index is 378. The van der Waals surface area contributed by atoms with Crippen LogP contribution in [0.3, 0.4) is 0 Å². The van der Waals surface area contributed by atoms with Crippen molar-refractivity contribution in [3.8, 4) is 0 Å². The van der Waals surface area contributed by atoms with Crippen molar-refractivity contribution < 1.29 is 9.90 Å². The molecule has 0 aromatic heterocycles. The van der Waals surface area contributed by atoms with Gasteiger partial charge in [0.05, 0.1) is 5.57 Å². The van der Waals surface area contributed by atoms with Crippen LogP contribution in [0, 0.1) is 5.41 Å². The van der Waals surface area contributed by atoms with Gasteiger partial charge in [-0.05, 0) is 25.7 Å². The van der Waals surface area contributed by atoms with Crippen molar-refractivity contribution in [2.75, 3.05) is 0 Å². The van der Waals surface area contributed by atoms with E-state index in [1.807, 2.05) is 27.7 Å². The highest BCUT2D eigenvalue weighted by molar-refractivity contribution is 6.22. The second-order valence-electron chi connectivity index (χ2n) is 5.73. The van der Waals surface area contributed by atoms with Crippen molar-refractivity contribution in [3.05, 3.63) is 11.3 Å². The van der Waals surface area contributed by atoms with E-state index in [1.54, 1.807) is 0 Å². The van der Waals surface area contributed by atoms with Crippen LogP contribution in [-0.4, -0.2) is 22.6 Å². The Morgan fingerprint density at radius 3 is 2.53 bits per heavy atom. The van der Waals surface area contributed by atoms with Gasteiger partial charge in [0, 0.05) is 24.6 Å². The molecule has 0 amide bonds. The molecule has 1 atom stereocenters. The number of aliphatic hydroxyl groups excluding tert-OH is 1. The van der Waals surface area contributed by atoms with Crippen molar-refractivity contribution in [1.82, 2.24) is 0 Å². The SMILES string of the molecule is CC[C@@H](C)N=C(C)C1=C(O)CC(C)(C)CC1=O. The average molecular weight is 237 g/mol. The molecule has 3 nitrogen and oxygen atoms in total. The maximum Gasteiger partial charge on any atom is 0.168 e. The molecular weight excluding hydrogens is 214 g/mol. The number of carbonyl (C=O) groups excluding carboxylic acids is 1. The molecule has 0 aromatic carbocycles. The van der Waals surface area contributed by atoms with Crippen LogP contribution in [-0.2, 0) is 4.79 Å². The quantitative estimate of drug-likeness (QED) is 0.764. The minimum absolute atomic E-state index is 0.0169. The van der Waals surface area contributed by atoms with Crippen LogP contribution in [0.25, 0.3) is 0 Å². The Morgan fingerprint density at radius 2 is 2.06 bits per heavy atom. The fourth-order valence-corrected chi connectivity index (χ4v) is 2.19. The van der Waals surface area contributed by atoms with Crippen LogP contribution >= 0.6 is 0 Å². The van der Waals surface area contributed by atoms with Gasteiger partial charge in [-0.25, -0.2) is 0 Å². The lowest BCUT2D eigenvalue weighted by Crippen LogP contribution is -2.28. The van der Waals surface area contributed by atoms with E-state index >= 15 is 0 Å². The Labute approximate surface area is 104 Å². The van der Waals surface area contributed by atoms with Gasteiger partial charge in [-0.3, -0.25) is 9.79 Å². The molecule has 1 aliphatic rings. The Kier molecular flexibility index (Phi) is 4.12. The standard InChI is InChI=1S/C14H23NO2/c1-6-9(2)15-10(3)13-11(16)7-14(4,5)8-12(13)17/h9,16H,6-8H2,1-5H3/t9-/m1/s1. The van der Waals surface area contributed by atoms with E-state index in [9.17, 15) is 9.90 Å². The number of hydrogen-bond donors (Lipinski definition) is 1. The van der Waals surface area contributed by atoms with Crippen LogP contribution in [0.1, 0.15) is 53.9 Å². The summed E-state index contributed by atoms with van der Waals surface area (Å²) >= 11 is 0. The van der Waals surface area contributed by atoms with Gasteiger partial charge < -0.3 is 5.11 Å². The zero-order valence-electron chi connectivity index (χ0n) is 11.5. The predicted molar refractivity (Wildman–Crippen MR) is 70.5 cm³/mol. The second-order valence-corrected chi connectivity index (χ2v) is 5.73. The van der Waals surface area contributed by atoms with Gasteiger partial charge in [0.2, 0.25) is 0 Å². The molecule has 0 radical (unpaired) electrons. The van der Waals surface area contributed by atoms with Crippen LogP contribution in [0.2, 0.25) is 0 Å². The zero-order chi connectivity index (χ0) is 13.2. The minimum atomic E-state index is -0.138. The second kappa shape index (κ2) is 5.03. The number of ketones is 1. The molecule has 17 heavy (non-hydrogen) atoms. The minimum Gasteiger partial charge on any atom is -0.511 e. The lowest BCUT2D eigenvalue weighted by Gasteiger charge is -2.29. The molecule has 0 aromatic rings. The summed E-state index contributed by atoms with van der Waals surface area (Å²) in [6, 6.07) is 0.193. The summed E-state index contributed by atoms with van der Waals surface area (Å²) in [5.41, 5.74) is 0.989. The maximum atomic E-state index is 12.0. The van der Waals surface area contributed by atoms with Crippen molar-refractivity contribution in [3.63, 3.8) is 0 Å². The zero-order valence-corrected chi connectivity index (χ0v) is 11.5. The Balaban J connectivity index is 3.05. The lowest BCUT2D eigenvalue weighted by molar-refractivity contribution is -0.117. The summed E-state index contributed by atoms with van der Waals surface area (Å²) in [5.74, 6) is 0.221. The van der Waals surface area contributed by atoms with Gasteiger partial charge >= 0.3 is 0 Å². The Hall–Kier alpha value is -1.12. The monoisotopic (exact) mass is 237 g/mol. The summed E-state index contributed by atoms with van der Waals surface area (Å²) in [7, 11) is 0. The Morgan fingerprint density at radius 1 is 1.47 bits per heavy atom. The largest absolute Gasteiger partial charge is 0.511 e. The van der Waals surface area contributed by atoms with Gasteiger partial charge in [-0.1, -0.05) is 20.8 Å². The van der Waals surface area contributed by atoms with E-state index in [1.165, 1.54) is 0 Å². The van der Waals surface area contributed by atoms with E-state index in [0.717, 1.165) is 6.42 Å². The molecule has 0 saturated carbocycles. The number of hydrogen-bond acceptors (Lipinski definition) is 3. The summed E-state index contributed by atoms with van der Waals surface area (Å²) in [5, 5.41) is 10.0. The third kappa shape index (κ3) is 3.42. The number of rotatable bonds is 3. The highest BCUT2D eigenvalue weighted by Gasteiger charge is 2.33. The molecule has 0 spiro atoms. The smallest absolute Gasteiger partial charge is 0.168 e. The summed E-state index contributed by atoms with van der Waals surface area (Å²) in [6.07, 6.45) is 1.98. The van der Waals surface area contributed by atoms with E-state index in [2.05, 4.69) is 11.9 Å². The number of aliphatic imine (C=N–C) groups is 1. The van der Waals surface area contributed by atoms with Crippen LogP contribution in [0.5, 0.6) is 0 Å². The van der Waals surface area contributed by atoms with Crippen LogP contribution < -0.4 is 0 Å². The number of aliphatic hydroxyl groups is 1. The van der Waals surface area contributed by atoms with E-state index in [-0.39, 0.29) is 23.0 Å². The molecule has 1 N–H and O–H groups in total. The summed E-state index contributed by atoms with van der Waals surface area (Å²) < 4.78 is 0. The average Bonchev–Trinajstić information content (AvgIpc) is 2.13. The maximum absolute atomic E-state index is 12.0. The van der Waals surface area contributed by atoms with Gasteiger partial charge in [0.25, 0.3) is 0 Å². The molecule has 0 unspecified atom stereocenters. The topological polar surface area (TPSA) is 49.7 Å². The van der Waals surface area contributed by atoms with Crippen LogP contribution in [0.15, 0.2) is 16.3 Å². The van der Waals surface area contributed by atoms with Crippen molar-refractivity contribution >= 4 is 11.5 Å². The fraction of sp³-hybridized carbons (Fsp3) is 0.714. The van der Waals surface area contributed by atoms with E-state index < -0.39 is 0 Å². The molecule has 0 fully saturated rings. The van der Waals surface area contributed by atoms with Crippen LogP contribution in [0.4, 0.5) is 0 Å².